The van der Waals surface area contributed by atoms with Crippen molar-refractivity contribution < 1.29 is 24.5 Å². The highest BCUT2D eigenvalue weighted by atomic mass is 16.5. The molecule has 0 aliphatic rings. The summed E-state index contributed by atoms with van der Waals surface area (Å²) < 4.78 is 5.06. The van der Waals surface area contributed by atoms with Crippen molar-refractivity contribution >= 4 is 12.1 Å². The molecule has 0 spiro atoms. The molecule has 0 saturated heterocycles. The average molecular weight is 329 g/mol. The van der Waals surface area contributed by atoms with Crippen LogP contribution < -0.4 is 5.32 Å². The Balaban J connectivity index is 1.98. The van der Waals surface area contributed by atoms with E-state index in [1.54, 1.807) is 31.2 Å². The van der Waals surface area contributed by atoms with Gasteiger partial charge >= 0.3 is 12.1 Å². The topological polar surface area (TPSA) is 95.9 Å². The molecule has 0 bridgehead atoms. The molecule has 3 N–H and O–H groups in total. The van der Waals surface area contributed by atoms with Crippen LogP contribution >= 0.6 is 0 Å². The van der Waals surface area contributed by atoms with Gasteiger partial charge in [-0.2, -0.15) is 0 Å². The van der Waals surface area contributed by atoms with E-state index in [1.807, 2.05) is 18.2 Å². The predicted molar refractivity (Wildman–Crippen MR) is 87.7 cm³/mol. The van der Waals surface area contributed by atoms with Crippen LogP contribution in [0.25, 0.3) is 0 Å². The van der Waals surface area contributed by atoms with Gasteiger partial charge in [0.1, 0.15) is 18.4 Å². The molecule has 0 unspecified atom stereocenters. The minimum atomic E-state index is -1.16. The molecule has 2 aromatic carbocycles. The van der Waals surface area contributed by atoms with Gasteiger partial charge in [-0.1, -0.05) is 49.4 Å². The number of hydrogen-bond acceptors (Lipinski definition) is 4. The molecule has 0 fully saturated rings. The maximum absolute atomic E-state index is 11.9. The summed E-state index contributed by atoms with van der Waals surface area (Å²) in [6, 6.07) is 14.1. The highest BCUT2D eigenvalue weighted by Crippen LogP contribution is 2.22. The number of aliphatic carboxylic acids is 1. The van der Waals surface area contributed by atoms with Gasteiger partial charge in [-0.15, -0.1) is 0 Å². The molecule has 0 aromatic heterocycles. The summed E-state index contributed by atoms with van der Waals surface area (Å²) in [6.07, 6.45) is -0.795. The van der Waals surface area contributed by atoms with Crippen LogP contribution in [0.5, 0.6) is 5.75 Å². The molecule has 126 valence electrons. The number of ether oxygens (including phenoxy) is 1. The molecule has 0 heterocycles. The van der Waals surface area contributed by atoms with Gasteiger partial charge in [0.25, 0.3) is 0 Å². The molecule has 2 rings (SSSR count). The van der Waals surface area contributed by atoms with Gasteiger partial charge in [-0.05, 0) is 23.3 Å². The lowest BCUT2D eigenvalue weighted by Crippen LogP contribution is -2.44. The molecule has 0 aliphatic carbocycles. The molecule has 0 saturated carbocycles. The lowest BCUT2D eigenvalue weighted by Gasteiger charge is -2.21. The standard InChI is InChI=1S/C18H19NO5/c1-12(14-7-9-15(20)10-8-14)16(17(21)22)19-18(23)24-11-13-5-3-2-4-6-13/h2-10,12,16,20H,11H2,1H3,(H,19,23)(H,21,22)/t12-,16+/m0/s1. The normalized spacial score (nSPS) is 12.9. The second-order valence-electron chi connectivity index (χ2n) is 5.40. The predicted octanol–water partition coefficient (Wildman–Crippen LogP) is 2.88. The summed E-state index contributed by atoms with van der Waals surface area (Å²) in [6.45, 7) is 1.75. The van der Waals surface area contributed by atoms with Crippen molar-refractivity contribution in [2.75, 3.05) is 0 Å². The Morgan fingerprint density at radius 1 is 1.08 bits per heavy atom. The van der Waals surface area contributed by atoms with E-state index in [0.29, 0.717) is 5.56 Å². The van der Waals surface area contributed by atoms with E-state index in [-0.39, 0.29) is 12.4 Å². The van der Waals surface area contributed by atoms with Crippen LogP contribution in [0, 0.1) is 0 Å². The van der Waals surface area contributed by atoms with Crippen LogP contribution in [0.2, 0.25) is 0 Å². The van der Waals surface area contributed by atoms with Crippen LogP contribution in [0.4, 0.5) is 4.79 Å². The molecular formula is C18H19NO5. The quantitative estimate of drug-likeness (QED) is 0.757. The fourth-order valence-corrected chi connectivity index (χ4v) is 2.26. The van der Waals surface area contributed by atoms with E-state index in [1.165, 1.54) is 12.1 Å². The first-order valence-corrected chi connectivity index (χ1v) is 7.46. The largest absolute Gasteiger partial charge is 0.508 e. The number of carbonyl (C=O) groups is 2. The zero-order valence-electron chi connectivity index (χ0n) is 13.2. The van der Waals surface area contributed by atoms with E-state index in [9.17, 15) is 19.8 Å². The number of phenols is 1. The van der Waals surface area contributed by atoms with E-state index in [2.05, 4.69) is 5.32 Å². The Hall–Kier alpha value is -3.02. The van der Waals surface area contributed by atoms with Crippen molar-refractivity contribution in [3.63, 3.8) is 0 Å². The zero-order chi connectivity index (χ0) is 17.5. The molecule has 2 atom stereocenters. The first-order chi connectivity index (χ1) is 11.5. The lowest BCUT2D eigenvalue weighted by molar-refractivity contribution is -0.139. The Morgan fingerprint density at radius 2 is 1.71 bits per heavy atom. The first-order valence-electron chi connectivity index (χ1n) is 7.46. The average Bonchev–Trinajstić information content (AvgIpc) is 2.58. The smallest absolute Gasteiger partial charge is 0.408 e. The van der Waals surface area contributed by atoms with Gasteiger partial charge in [0.2, 0.25) is 0 Å². The summed E-state index contributed by atoms with van der Waals surface area (Å²) in [7, 11) is 0. The fourth-order valence-electron chi connectivity index (χ4n) is 2.26. The number of carbonyl (C=O) groups excluding carboxylic acids is 1. The van der Waals surface area contributed by atoms with Gasteiger partial charge in [0, 0.05) is 5.92 Å². The van der Waals surface area contributed by atoms with Gasteiger partial charge in [-0.25, -0.2) is 9.59 Å². The number of phenolic OH excluding ortho intramolecular Hbond substituents is 1. The minimum absolute atomic E-state index is 0.0621. The Morgan fingerprint density at radius 3 is 2.29 bits per heavy atom. The maximum atomic E-state index is 11.9. The van der Waals surface area contributed by atoms with Crippen LogP contribution in [0.3, 0.4) is 0 Å². The Bertz CT molecular complexity index is 684. The number of benzene rings is 2. The number of amides is 1. The molecular weight excluding hydrogens is 310 g/mol. The summed E-state index contributed by atoms with van der Waals surface area (Å²) in [5.41, 5.74) is 1.50. The third kappa shape index (κ3) is 4.74. The minimum Gasteiger partial charge on any atom is -0.508 e. The molecule has 24 heavy (non-hydrogen) atoms. The van der Waals surface area contributed by atoms with Crippen molar-refractivity contribution in [1.82, 2.24) is 5.32 Å². The fraction of sp³-hybridized carbons (Fsp3) is 0.222. The summed E-state index contributed by atoms with van der Waals surface area (Å²) in [5.74, 6) is -1.56. The molecule has 2 aromatic rings. The first kappa shape index (κ1) is 17.3. The summed E-state index contributed by atoms with van der Waals surface area (Å²) in [5, 5.41) is 21.1. The molecule has 6 heteroatoms. The highest BCUT2D eigenvalue weighted by Gasteiger charge is 2.28. The van der Waals surface area contributed by atoms with E-state index >= 15 is 0 Å². The number of aromatic hydroxyl groups is 1. The van der Waals surface area contributed by atoms with E-state index in [0.717, 1.165) is 5.56 Å². The molecule has 0 radical (unpaired) electrons. The third-order valence-electron chi connectivity index (χ3n) is 3.67. The molecule has 0 aliphatic heterocycles. The van der Waals surface area contributed by atoms with Crippen molar-refractivity contribution in [1.29, 1.82) is 0 Å². The highest BCUT2D eigenvalue weighted by molar-refractivity contribution is 5.81. The third-order valence-corrected chi connectivity index (χ3v) is 3.67. The van der Waals surface area contributed by atoms with Crippen LogP contribution in [-0.2, 0) is 16.1 Å². The second kappa shape index (κ2) is 8.01. The van der Waals surface area contributed by atoms with Crippen molar-refractivity contribution in [2.24, 2.45) is 0 Å². The Kier molecular flexibility index (Phi) is 5.78. The van der Waals surface area contributed by atoms with Crippen molar-refractivity contribution in [3.8, 4) is 5.75 Å². The number of alkyl carbamates (subject to hydrolysis) is 1. The SMILES string of the molecule is C[C@@H](c1ccc(O)cc1)[C@@H](NC(=O)OCc1ccccc1)C(=O)O. The van der Waals surface area contributed by atoms with Gasteiger partial charge in [0.15, 0.2) is 0 Å². The van der Waals surface area contributed by atoms with Crippen LogP contribution in [0.15, 0.2) is 54.6 Å². The summed E-state index contributed by atoms with van der Waals surface area (Å²) in [4.78, 5) is 23.4. The van der Waals surface area contributed by atoms with Gasteiger partial charge < -0.3 is 20.3 Å². The maximum Gasteiger partial charge on any atom is 0.408 e. The zero-order valence-corrected chi connectivity index (χ0v) is 13.2. The van der Waals surface area contributed by atoms with Gasteiger partial charge in [-0.3, -0.25) is 0 Å². The molecule has 6 nitrogen and oxygen atoms in total. The lowest BCUT2D eigenvalue weighted by atomic mass is 9.93. The second-order valence-corrected chi connectivity index (χ2v) is 5.40. The van der Waals surface area contributed by atoms with Gasteiger partial charge in [0.05, 0.1) is 0 Å². The van der Waals surface area contributed by atoms with E-state index < -0.39 is 24.0 Å². The molecule has 1 amide bonds. The van der Waals surface area contributed by atoms with E-state index in [4.69, 9.17) is 4.74 Å². The van der Waals surface area contributed by atoms with Crippen LogP contribution in [-0.4, -0.2) is 28.3 Å². The number of nitrogens with one attached hydrogen (secondary N) is 1. The van der Waals surface area contributed by atoms with Crippen molar-refractivity contribution in [2.45, 2.75) is 25.5 Å². The number of carboxylic acids is 1. The monoisotopic (exact) mass is 329 g/mol. The Labute approximate surface area is 139 Å². The number of rotatable bonds is 6. The van der Waals surface area contributed by atoms with Crippen LogP contribution in [0.1, 0.15) is 24.0 Å². The van der Waals surface area contributed by atoms with Crippen molar-refractivity contribution in [3.05, 3.63) is 65.7 Å². The number of carboxylic acid groups (broad SMARTS) is 1. The number of hydrogen-bond donors (Lipinski definition) is 3. The summed E-state index contributed by atoms with van der Waals surface area (Å²) >= 11 is 0.